The van der Waals surface area contributed by atoms with Crippen LogP contribution >= 0.6 is 22.6 Å². The van der Waals surface area contributed by atoms with Gasteiger partial charge in [-0.15, -0.1) is 0 Å². The van der Waals surface area contributed by atoms with E-state index in [0.29, 0.717) is 12.2 Å². The number of anilines is 1. The summed E-state index contributed by atoms with van der Waals surface area (Å²) in [5, 5.41) is 12.1. The van der Waals surface area contributed by atoms with Crippen LogP contribution in [0.25, 0.3) is 0 Å². The van der Waals surface area contributed by atoms with Crippen molar-refractivity contribution < 1.29 is 0 Å². The van der Waals surface area contributed by atoms with Gasteiger partial charge in [-0.1, -0.05) is 6.07 Å². The van der Waals surface area contributed by atoms with Crippen LogP contribution in [0.15, 0.2) is 42.6 Å². The zero-order valence-electron chi connectivity index (χ0n) is 9.02. The quantitative estimate of drug-likeness (QED) is 0.877. The molecule has 0 atom stereocenters. The predicted octanol–water partition coefficient (Wildman–Crippen LogP) is 3.17. The van der Waals surface area contributed by atoms with E-state index in [9.17, 15) is 0 Å². The molecule has 1 N–H and O–H groups in total. The molecule has 2 rings (SSSR count). The molecule has 0 fully saturated rings. The van der Waals surface area contributed by atoms with Crippen LogP contribution in [-0.2, 0) is 6.54 Å². The summed E-state index contributed by atoms with van der Waals surface area (Å²) in [6.07, 6.45) is 1.66. The average Bonchev–Trinajstić information content (AvgIpc) is 2.37. The Morgan fingerprint density at radius 1 is 1.29 bits per heavy atom. The number of nitrogens with one attached hydrogen (secondary N) is 1. The van der Waals surface area contributed by atoms with Crippen LogP contribution in [0.3, 0.4) is 0 Å². The molecule has 0 aliphatic rings. The Labute approximate surface area is 114 Å². The number of halogens is 1. The van der Waals surface area contributed by atoms with Gasteiger partial charge in [-0.3, -0.25) is 0 Å². The van der Waals surface area contributed by atoms with E-state index in [4.69, 9.17) is 5.26 Å². The van der Waals surface area contributed by atoms with Gasteiger partial charge in [0.1, 0.15) is 11.8 Å². The second-order valence-corrected chi connectivity index (χ2v) is 4.77. The summed E-state index contributed by atoms with van der Waals surface area (Å²) in [7, 11) is 0. The molecule has 84 valence electrons. The van der Waals surface area contributed by atoms with Gasteiger partial charge in [0.2, 0.25) is 0 Å². The lowest BCUT2D eigenvalue weighted by molar-refractivity contribution is 1.11. The lowest BCUT2D eigenvalue weighted by Gasteiger charge is -2.06. The van der Waals surface area contributed by atoms with Crippen molar-refractivity contribution >= 4 is 28.3 Å². The largest absolute Gasteiger partial charge is 0.381 e. The van der Waals surface area contributed by atoms with Crippen LogP contribution < -0.4 is 5.32 Å². The molecule has 2 aromatic rings. The maximum absolute atomic E-state index is 8.75. The highest BCUT2D eigenvalue weighted by Crippen LogP contribution is 2.13. The van der Waals surface area contributed by atoms with Gasteiger partial charge in [0, 0.05) is 22.0 Å². The van der Waals surface area contributed by atoms with Gasteiger partial charge < -0.3 is 5.32 Å². The second-order valence-electron chi connectivity index (χ2n) is 3.53. The van der Waals surface area contributed by atoms with Crippen LogP contribution in [-0.4, -0.2) is 4.98 Å². The van der Waals surface area contributed by atoms with Gasteiger partial charge in [0.15, 0.2) is 0 Å². The minimum absolute atomic E-state index is 0.451. The van der Waals surface area contributed by atoms with E-state index in [1.165, 1.54) is 3.57 Å². The Bertz CT molecular complexity index is 561. The number of pyridine rings is 1. The van der Waals surface area contributed by atoms with Crippen molar-refractivity contribution in [2.75, 3.05) is 5.32 Å². The maximum Gasteiger partial charge on any atom is 0.140 e. The first-order valence-corrected chi connectivity index (χ1v) is 6.20. The Balaban J connectivity index is 2.05. The van der Waals surface area contributed by atoms with Crippen molar-refractivity contribution in [1.29, 1.82) is 5.26 Å². The van der Waals surface area contributed by atoms with Crippen molar-refractivity contribution in [2.45, 2.75) is 6.54 Å². The van der Waals surface area contributed by atoms with E-state index in [-0.39, 0.29) is 0 Å². The first-order chi connectivity index (χ1) is 8.28. The Morgan fingerprint density at radius 2 is 2.18 bits per heavy atom. The fraction of sp³-hybridized carbons (Fsp3) is 0.0769. The summed E-state index contributed by atoms with van der Waals surface area (Å²) in [6, 6.07) is 13.9. The summed E-state index contributed by atoms with van der Waals surface area (Å²) in [6.45, 7) is 0.692. The van der Waals surface area contributed by atoms with Gasteiger partial charge in [0.25, 0.3) is 0 Å². The van der Waals surface area contributed by atoms with Gasteiger partial charge in [-0.25, -0.2) is 4.98 Å². The molecule has 1 aromatic carbocycles. The summed E-state index contributed by atoms with van der Waals surface area (Å²) in [5.74, 6) is 0. The van der Waals surface area contributed by atoms with E-state index < -0.39 is 0 Å². The summed E-state index contributed by atoms with van der Waals surface area (Å²) >= 11 is 2.28. The first-order valence-electron chi connectivity index (χ1n) is 5.12. The summed E-state index contributed by atoms with van der Waals surface area (Å²) < 4.78 is 1.19. The van der Waals surface area contributed by atoms with E-state index in [2.05, 4.69) is 39.0 Å². The minimum atomic E-state index is 0.451. The molecule has 0 aliphatic heterocycles. The number of benzene rings is 1. The summed E-state index contributed by atoms with van der Waals surface area (Å²) in [4.78, 5) is 3.94. The van der Waals surface area contributed by atoms with Gasteiger partial charge in [0.05, 0.1) is 0 Å². The third-order valence-electron chi connectivity index (χ3n) is 2.26. The third-order valence-corrected chi connectivity index (χ3v) is 2.93. The zero-order chi connectivity index (χ0) is 12.1. The van der Waals surface area contributed by atoms with Gasteiger partial charge >= 0.3 is 0 Å². The summed E-state index contributed by atoms with van der Waals surface area (Å²) in [5.41, 5.74) is 2.58. The molecule has 0 radical (unpaired) electrons. The fourth-order valence-corrected chi connectivity index (χ4v) is 1.99. The van der Waals surface area contributed by atoms with Gasteiger partial charge in [-0.05, 0) is 58.5 Å². The molecule has 0 saturated carbocycles. The van der Waals surface area contributed by atoms with Crippen LogP contribution in [0, 0.1) is 14.9 Å². The van der Waals surface area contributed by atoms with E-state index in [0.717, 1.165) is 11.3 Å². The molecule has 0 unspecified atom stereocenters. The number of nitrogens with zero attached hydrogens (tertiary/aromatic N) is 2. The lowest BCUT2D eigenvalue weighted by Crippen LogP contribution is -2.00. The standard InChI is InChI=1S/C13H10IN3/c14-11-2-1-3-12(7-11)17-9-10-4-5-16-13(6-10)8-15/h1-7,17H,9H2. The SMILES string of the molecule is N#Cc1cc(CNc2cccc(I)c2)ccn1. The molecule has 0 bridgehead atoms. The molecule has 4 heteroatoms. The van der Waals surface area contributed by atoms with Crippen molar-refractivity contribution in [3.63, 3.8) is 0 Å². The Hall–Kier alpha value is -1.61. The van der Waals surface area contributed by atoms with Crippen molar-refractivity contribution in [3.8, 4) is 6.07 Å². The van der Waals surface area contributed by atoms with Crippen molar-refractivity contribution in [1.82, 2.24) is 4.98 Å². The monoisotopic (exact) mass is 335 g/mol. The van der Waals surface area contributed by atoms with Gasteiger partial charge in [-0.2, -0.15) is 5.26 Å². The van der Waals surface area contributed by atoms with Crippen LogP contribution in [0.4, 0.5) is 5.69 Å². The maximum atomic E-state index is 8.75. The van der Waals surface area contributed by atoms with E-state index in [1.807, 2.05) is 30.3 Å². The molecular formula is C13H10IN3. The van der Waals surface area contributed by atoms with Crippen molar-refractivity contribution in [3.05, 3.63) is 57.4 Å². The Morgan fingerprint density at radius 3 is 2.94 bits per heavy atom. The highest BCUT2D eigenvalue weighted by Gasteiger charge is 1.97. The van der Waals surface area contributed by atoms with E-state index >= 15 is 0 Å². The molecule has 0 amide bonds. The van der Waals surface area contributed by atoms with E-state index in [1.54, 1.807) is 12.3 Å². The third kappa shape index (κ3) is 3.43. The van der Waals surface area contributed by atoms with Crippen LogP contribution in [0.1, 0.15) is 11.3 Å². The molecule has 1 heterocycles. The number of aromatic nitrogens is 1. The molecule has 0 aliphatic carbocycles. The number of rotatable bonds is 3. The smallest absolute Gasteiger partial charge is 0.140 e. The molecular weight excluding hydrogens is 325 g/mol. The van der Waals surface area contributed by atoms with Crippen LogP contribution in [0.2, 0.25) is 0 Å². The zero-order valence-corrected chi connectivity index (χ0v) is 11.2. The fourth-order valence-electron chi connectivity index (χ4n) is 1.45. The topological polar surface area (TPSA) is 48.7 Å². The Kier molecular flexibility index (Phi) is 3.94. The highest BCUT2D eigenvalue weighted by atomic mass is 127. The number of hydrogen-bond donors (Lipinski definition) is 1. The minimum Gasteiger partial charge on any atom is -0.381 e. The van der Waals surface area contributed by atoms with Crippen LogP contribution in [0.5, 0.6) is 0 Å². The van der Waals surface area contributed by atoms with Crippen molar-refractivity contribution in [2.24, 2.45) is 0 Å². The average molecular weight is 335 g/mol. The first kappa shape index (κ1) is 11.9. The lowest BCUT2D eigenvalue weighted by atomic mass is 10.2. The molecule has 3 nitrogen and oxygen atoms in total. The second kappa shape index (κ2) is 5.64. The number of nitriles is 1. The normalized spacial score (nSPS) is 9.65. The highest BCUT2D eigenvalue weighted by molar-refractivity contribution is 14.1. The molecule has 17 heavy (non-hydrogen) atoms. The predicted molar refractivity (Wildman–Crippen MR) is 75.4 cm³/mol. The molecule has 0 saturated heterocycles. The molecule has 0 spiro atoms. The molecule has 1 aromatic heterocycles. The number of hydrogen-bond acceptors (Lipinski definition) is 3.